The minimum Gasteiger partial charge on any atom is -0.380 e. The lowest BCUT2D eigenvalue weighted by atomic mass is 10.4. The zero-order valence-electron chi connectivity index (χ0n) is 7.44. The minimum absolute atomic E-state index is 0.00842. The summed E-state index contributed by atoms with van der Waals surface area (Å²) in [5, 5.41) is 3.06. The molecule has 72 valence electrons. The average Bonchev–Trinajstić information content (AvgIpc) is 2.10. The average molecular weight is 238 g/mol. The van der Waals surface area contributed by atoms with E-state index < -0.39 is 0 Å². The first kappa shape index (κ1) is 11.9. The molecule has 4 heteroatoms. The second-order valence-corrected chi connectivity index (χ2v) is 3.01. The number of ether oxygens (including phenoxy) is 1. The maximum atomic E-state index is 10.7. The third kappa shape index (κ3) is 8.01. The van der Waals surface area contributed by atoms with Crippen LogP contribution in [0, 0.1) is 0 Å². The van der Waals surface area contributed by atoms with Crippen LogP contribution in [0.15, 0.2) is 0 Å². The van der Waals surface area contributed by atoms with Crippen LogP contribution in [0.5, 0.6) is 0 Å². The highest BCUT2D eigenvalue weighted by atomic mass is 79.9. The first-order chi connectivity index (χ1) is 5.81. The van der Waals surface area contributed by atoms with Gasteiger partial charge < -0.3 is 10.1 Å². The van der Waals surface area contributed by atoms with Gasteiger partial charge in [-0.25, -0.2) is 0 Å². The summed E-state index contributed by atoms with van der Waals surface area (Å²) in [5.41, 5.74) is 0. The topological polar surface area (TPSA) is 38.3 Å². The normalized spacial score (nSPS) is 9.83. The molecule has 0 aromatic rings. The summed E-state index contributed by atoms with van der Waals surface area (Å²) >= 11 is 3.06. The standard InChI is InChI=1S/C8H16BrNO2/c1-2-3-5-12-6-4-10-8(11)7-9/h2-7H2,1H3,(H,10,11). The van der Waals surface area contributed by atoms with Crippen molar-refractivity contribution >= 4 is 21.8 Å². The van der Waals surface area contributed by atoms with E-state index in [9.17, 15) is 4.79 Å². The molecule has 0 atom stereocenters. The monoisotopic (exact) mass is 237 g/mol. The fourth-order valence-corrected chi connectivity index (χ4v) is 0.857. The number of carbonyl (C=O) groups is 1. The number of amides is 1. The molecule has 0 radical (unpaired) electrons. The number of rotatable bonds is 7. The summed E-state index contributed by atoms with van der Waals surface area (Å²) in [6, 6.07) is 0. The first-order valence-electron chi connectivity index (χ1n) is 4.21. The van der Waals surface area contributed by atoms with E-state index in [2.05, 4.69) is 28.2 Å². The summed E-state index contributed by atoms with van der Waals surface area (Å²) < 4.78 is 5.24. The lowest BCUT2D eigenvalue weighted by Crippen LogP contribution is -2.28. The lowest BCUT2D eigenvalue weighted by molar-refractivity contribution is -0.118. The van der Waals surface area contributed by atoms with Gasteiger partial charge in [-0.15, -0.1) is 0 Å². The van der Waals surface area contributed by atoms with Crippen LogP contribution >= 0.6 is 15.9 Å². The number of nitrogens with one attached hydrogen (secondary N) is 1. The summed E-state index contributed by atoms with van der Waals surface area (Å²) in [6.07, 6.45) is 2.24. The zero-order valence-corrected chi connectivity index (χ0v) is 9.02. The third-order valence-electron chi connectivity index (χ3n) is 1.33. The Morgan fingerprint density at radius 3 is 2.83 bits per heavy atom. The van der Waals surface area contributed by atoms with Crippen molar-refractivity contribution < 1.29 is 9.53 Å². The highest BCUT2D eigenvalue weighted by Gasteiger charge is 1.95. The van der Waals surface area contributed by atoms with Crippen LogP contribution in [0.1, 0.15) is 19.8 Å². The van der Waals surface area contributed by atoms with E-state index in [1.165, 1.54) is 0 Å². The molecule has 3 nitrogen and oxygen atoms in total. The predicted octanol–water partition coefficient (Wildman–Crippen LogP) is 1.31. The van der Waals surface area contributed by atoms with E-state index in [0.29, 0.717) is 18.5 Å². The Morgan fingerprint density at radius 1 is 1.50 bits per heavy atom. The minimum atomic E-state index is 0.00842. The molecule has 0 saturated heterocycles. The highest BCUT2D eigenvalue weighted by Crippen LogP contribution is 1.86. The van der Waals surface area contributed by atoms with Crippen molar-refractivity contribution in [2.45, 2.75) is 19.8 Å². The van der Waals surface area contributed by atoms with Gasteiger partial charge in [0.1, 0.15) is 0 Å². The van der Waals surface area contributed by atoms with Gasteiger partial charge in [-0.05, 0) is 6.42 Å². The van der Waals surface area contributed by atoms with Crippen molar-refractivity contribution in [3.8, 4) is 0 Å². The fraction of sp³-hybridized carbons (Fsp3) is 0.875. The van der Waals surface area contributed by atoms with E-state index in [0.717, 1.165) is 19.4 Å². The maximum Gasteiger partial charge on any atom is 0.230 e. The Morgan fingerprint density at radius 2 is 2.25 bits per heavy atom. The van der Waals surface area contributed by atoms with E-state index in [4.69, 9.17) is 4.74 Å². The molecule has 0 fully saturated rings. The van der Waals surface area contributed by atoms with Gasteiger partial charge in [0.2, 0.25) is 5.91 Å². The number of halogens is 1. The molecular formula is C8H16BrNO2. The van der Waals surface area contributed by atoms with Gasteiger partial charge in [0.05, 0.1) is 11.9 Å². The zero-order chi connectivity index (χ0) is 9.23. The number of unbranched alkanes of at least 4 members (excludes halogenated alkanes) is 1. The molecule has 0 bridgehead atoms. The van der Waals surface area contributed by atoms with Gasteiger partial charge >= 0.3 is 0 Å². The predicted molar refractivity (Wildman–Crippen MR) is 52.5 cm³/mol. The molecule has 0 spiro atoms. The molecule has 0 aliphatic heterocycles. The van der Waals surface area contributed by atoms with Crippen LogP contribution in [0.4, 0.5) is 0 Å². The van der Waals surface area contributed by atoms with Gasteiger partial charge in [-0.1, -0.05) is 29.3 Å². The largest absolute Gasteiger partial charge is 0.380 e. The molecule has 0 aromatic carbocycles. The maximum absolute atomic E-state index is 10.7. The molecule has 0 aromatic heterocycles. The van der Waals surface area contributed by atoms with Gasteiger partial charge in [0, 0.05) is 13.2 Å². The lowest BCUT2D eigenvalue weighted by Gasteiger charge is -2.03. The molecule has 0 saturated carbocycles. The van der Waals surface area contributed by atoms with Crippen LogP contribution < -0.4 is 5.32 Å². The quantitative estimate of drug-likeness (QED) is 0.536. The number of hydrogen-bond acceptors (Lipinski definition) is 2. The van der Waals surface area contributed by atoms with Gasteiger partial charge in [-0.3, -0.25) is 4.79 Å². The van der Waals surface area contributed by atoms with E-state index >= 15 is 0 Å². The number of carbonyl (C=O) groups excluding carboxylic acids is 1. The molecule has 0 rings (SSSR count). The van der Waals surface area contributed by atoms with Crippen molar-refractivity contribution in [1.29, 1.82) is 0 Å². The summed E-state index contributed by atoms with van der Waals surface area (Å²) in [7, 11) is 0. The van der Waals surface area contributed by atoms with Crippen molar-refractivity contribution in [1.82, 2.24) is 5.32 Å². The Labute approximate surface area is 82.0 Å². The number of hydrogen-bond donors (Lipinski definition) is 1. The molecule has 0 unspecified atom stereocenters. The molecule has 1 N–H and O–H groups in total. The summed E-state index contributed by atoms with van der Waals surface area (Å²) in [5.74, 6) is 0.00842. The second-order valence-electron chi connectivity index (χ2n) is 2.45. The van der Waals surface area contributed by atoms with E-state index in [1.54, 1.807) is 0 Å². The molecule has 0 aliphatic carbocycles. The highest BCUT2D eigenvalue weighted by molar-refractivity contribution is 9.09. The van der Waals surface area contributed by atoms with Crippen molar-refractivity contribution in [3.63, 3.8) is 0 Å². The van der Waals surface area contributed by atoms with Gasteiger partial charge in [0.25, 0.3) is 0 Å². The van der Waals surface area contributed by atoms with E-state index in [-0.39, 0.29) is 5.91 Å². The van der Waals surface area contributed by atoms with Crippen molar-refractivity contribution in [2.75, 3.05) is 25.1 Å². The van der Waals surface area contributed by atoms with Crippen LogP contribution in [0.2, 0.25) is 0 Å². The SMILES string of the molecule is CCCCOCCNC(=O)CBr. The van der Waals surface area contributed by atoms with Crippen LogP contribution in [0.25, 0.3) is 0 Å². The first-order valence-corrected chi connectivity index (χ1v) is 5.33. The molecule has 1 amide bonds. The smallest absolute Gasteiger partial charge is 0.230 e. The molecule has 12 heavy (non-hydrogen) atoms. The Bertz CT molecular complexity index is 120. The van der Waals surface area contributed by atoms with E-state index in [1.807, 2.05) is 0 Å². The Kier molecular flexibility index (Phi) is 8.93. The number of alkyl halides is 1. The summed E-state index contributed by atoms with van der Waals surface area (Å²) in [4.78, 5) is 10.7. The molecule has 0 heterocycles. The molecular weight excluding hydrogens is 222 g/mol. The second kappa shape index (κ2) is 9.00. The fourth-order valence-electron chi connectivity index (χ4n) is 0.658. The Balaban J connectivity index is 2.95. The van der Waals surface area contributed by atoms with Crippen LogP contribution in [-0.2, 0) is 9.53 Å². The third-order valence-corrected chi connectivity index (χ3v) is 1.84. The summed E-state index contributed by atoms with van der Waals surface area (Å²) in [6.45, 7) is 4.13. The Hall–Kier alpha value is -0.0900. The van der Waals surface area contributed by atoms with Gasteiger partial charge in [0.15, 0.2) is 0 Å². The van der Waals surface area contributed by atoms with Crippen molar-refractivity contribution in [2.24, 2.45) is 0 Å². The van der Waals surface area contributed by atoms with Gasteiger partial charge in [-0.2, -0.15) is 0 Å². The van der Waals surface area contributed by atoms with Crippen LogP contribution in [0.3, 0.4) is 0 Å². The molecule has 0 aliphatic rings. The van der Waals surface area contributed by atoms with Crippen molar-refractivity contribution in [3.05, 3.63) is 0 Å². The van der Waals surface area contributed by atoms with Crippen LogP contribution in [-0.4, -0.2) is 31.0 Å².